The molecule has 2 aromatic rings. The number of nitrogens with one attached hydrogen (secondary N) is 1. The molecule has 0 bridgehead atoms. The van der Waals surface area contributed by atoms with Crippen molar-refractivity contribution in [2.45, 2.75) is 30.7 Å². The minimum Gasteiger partial charge on any atom is -0.479 e. The number of fused-ring (bicyclic) bond motifs is 3. The van der Waals surface area contributed by atoms with Gasteiger partial charge in [0.1, 0.15) is 6.61 Å². The van der Waals surface area contributed by atoms with E-state index in [1.807, 2.05) is 48.5 Å². The van der Waals surface area contributed by atoms with Crippen LogP contribution in [0.15, 0.2) is 48.5 Å². The quantitative estimate of drug-likeness (QED) is 0.812. The summed E-state index contributed by atoms with van der Waals surface area (Å²) in [5, 5.41) is 11.7. The van der Waals surface area contributed by atoms with Gasteiger partial charge in [-0.05, 0) is 35.1 Å². The monoisotopic (exact) mass is 365 g/mol. The number of Topliss-reactive ketones (excluding diaryl/α,β-unsaturated/α-hetero) is 1. The Morgan fingerprint density at radius 3 is 2.19 bits per heavy atom. The lowest BCUT2D eigenvalue weighted by Crippen LogP contribution is -2.57. The number of alkyl carbamates (subject to hydrolysis) is 1. The van der Waals surface area contributed by atoms with Gasteiger partial charge in [0.15, 0.2) is 11.3 Å². The molecule has 1 saturated carbocycles. The minimum absolute atomic E-state index is 0.0732. The van der Waals surface area contributed by atoms with E-state index in [1.165, 1.54) is 0 Å². The molecule has 6 heteroatoms. The van der Waals surface area contributed by atoms with Crippen molar-refractivity contribution in [2.24, 2.45) is 0 Å². The number of carbonyl (C=O) groups excluding carboxylic acids is 2. The van der Waals surface area contributed by atoms with Crippen molar-refractivity contribution in [2.75, 3.05) is 6.61 Å². The van der Waals surface area contributed by atoms with Crippen molar-refractivity contribution in [1.29, 1.82) is 0 Å². The second kappa shape index (κ2) is 6.54. The van der Waals surface area contributed by atoms with E-state index in [-0.39, 0.29) is 25.4 Å². The van der Waals surface area contributed by atoms with Crippen LogP contribution in [-0.4, -0.2) is 35.1 Å². The van der Waals surface area contributed by atoms with E-state index in [2.05, 4.69) is 5.32 Å². The van der Waals surface area contributed by atoms with Crippen LogP contribution in [0.25, 0.3) is 11.1 Å². The van der Waals surface area contributed by atoms with Crippen LogP contribution >= 0.6 is 0 Å². The van der Waals surface area contributed by atoms with Gasteiger partial charge in [-0.2, -0.15) is 0 Å². The van der Waals surface area contributed by atoms with Crippen LogP contribution in [0.4, 0.5) is 4.79 Å². The third-order valence-electron chi connectivity index (χ3n) is 5.46. The maximum absolute atomic E-state index is 12.3. The van der Waals surface area contributed by atoms with Crippen molar-refractivity contribution in [3.8, 4) is 11.1 Å². The molecule has 0 aromatic heterocycles. The Labute approximate surface area is 156 Å². The number of ether oxygens (including phenoxy) is 1. The Kier molecular flexibility index (Phi) is 4.18. The fourth-order valence-corrected chi connectivity index (χ4v) is 4.09. The molecular weight excluding hydrogens is 346 g/mol. The zero-order chi connectivity index (χ0) is 19.0. The highest BCUT2D eigenvalue weighted by Gasteiger charge is 2.50. The molecule has 138 valence electrons. The van der Waals surface area contributed by atoms with Crippen molar-refractivity contribution in [1.82, 2.24) is 5.32 Å². The topological polar surface area (TPSA) is 92.7 Å². The van der Waals surface area contributed by atoms with Gasteiger partial charge in [-0.15, -0.1) is 0 Å². The third-order valence-corrected chi connectivity index (χ3v) is 5.46. The van der Waals surface area contributed by atoms with Crippen molar-refractivity contribution < 1.29 is 24.2 Å². The zero-order valence-electron chi connectivity index (χ0n) is 14.6. The van der Waals surface area contributed by atoms with Crippen LogP contribution in [-0.2, 0) is 14.3 Å². The molecule has 1 fully saturated rings. The summed E-state index contributed by atoms with van der Waals surface area (Å²) in [6, 6.07) is 15.9. The van der Waals surface area contributed by atoms with Crippen LogP contribution < -0.4 is 5.32 Å². The fraction of sp³-hybridized carbons (Fsp3) is 0.286. The van der Waals surface area contributed by atoms with Crippen LogP contribution in [0.5, 0.6) is 0 Å². The highest BCUT2D eigenvalue weighted by molar-refractivity contribution is 6.11. The maximum atomic E-state index is 12.3. The van der Waals surface area contributed by atoms with E-state index in [4.69, 9.17) is 4.74 Å². The molecular formula is C21H19NO5. The lowest BCUT2D eigenvalue weighted by molar-refractivity contribution is -0.148. The largest absolute Gasteiger partial charge is 0.479 e. The Bertz CT molecular complexity index is 892. The number of amides is 1. The summed E-state index contributed by atoms with van der Waals surface area (Å²) in [7, 11) is 0. The number of ketones is 1. The Balaban J connectivity index is 1.51. The first-order chi connectivity index (χ1) is 13.0. The van der Waals surface area contributed by atoms with Crippen LogP contribution in [0.3, 0.4) is 0 Å². The number of benzene rings is 2. The van der Waals surface area contributed by atoms with Gasteiger partial charge < -0.3 is 9.84 Å². The number of carboxylic acid groups (broad SMARTS) is 1. The summed E-state index contributed by atoms with van der Waals surface area (Å²) >= 11 is 0. The SMILES string of the molecule is O=C(NC1(C(=O)O)CCCC1=O)OCC1c2ccccc2-c2ccccc21. The van der Waals surface area contributed by atoms with E-state index in [1.54, 1.807) is 0 Å². The number of carbonyl (C=O) groups is 3. The Morgan fingerprint density at radius 2 is 1.67 bits per heavy atom. The van der Waals surface area contributed by atoms with Gasteiger partial charge in [-0.25, -0.2) is 9.59 Å². The number of rotatable bonds is 4. The molecule has 6 nitrogen and oxygen atoms in total. The first-order valence-corrected chi connectivity index (χ1v) is 8.93. The fourth-order valence-electron chi connectivity index (χ4n) is 4.09. The molecule has 0 spiro atoms. The molecule has 1 amide bonds. The zero-order valence-corrected chi connectivity index (χ0v) is 14.6. The summed E-state index contributed by atoms with van der Waals surface area (Å²) in [4.78, 5) is 35.9. The molecule has 2 aliphatic rings. The molecule has 2 N–H and O–H groups in total. The highest BCUT2D eigenvalue weighted by atomic mass is 16.5. The van der Waals surface area contributed by atoms with Crippen LogP contribution in [0.1, 0.15) is 36.3 Å². The van der Waals surface area contributed by atoms with Gasteiger partial charge in [-0.1, -0.05) is 48.5 Å². The predicted molar refractivity (Wildman–Crippen MR) is 97.4 cm³/mol. The van der Waals surface area contributed by atoms with E-state index in [0.717, 1.165) is 22.3 Å². The van der Waals surface area contributed by atoms with E-state index >= 15 is 0 Å². The first-order valence-electron chi connectivity index (χ1n) is 8.93. The highest BCUT2D eigenvalue weighted by Crippen LogP contribution is 2.44. The van der Waals surface area contributed by atoms with E-state index in [0.29, 0.717) is 6.42 Å². The minimum atomic E-state index is -1.86. The van der Waals surface area contributed by atoms with Crippen molar-refractivity contribution in [3.63, 3.8) is 0 Å². The molecule has 2 aliphatic carbocycles. The molecule has 2 aromatic carbocycles. The molecule has 1 unspecified atom stereocenters. The average Bonchev–Trinajstić information content (AvgIpc) is 3.19. The normalized spacial score (nSPS) is 20.8. The molecule has 1 atom stereocenters. The summed E-state index contributed by atoms with van der Waals surface area (Å²) in [5.74, 6) is -1.94. The smallest absolute Gasteiger partial charge is 0.408 e. The molecule has 0 heterocycles. The van der Waals surface area contributed by atoms with Crippen molar-refractivity contribution >= 4 is 17.8 Å². The van der Waals surface area contributed by atoms with Gasteiger partial charge in [-0.3, -0.25) is 10.1 Å². The number of hydrogen-bond acceptors (Lipinski definition) is 4. The molecule has 0 saturated heterocycles. The first kappa shape index (κ1) is 17.3. The van der Waals surface area contributed by atoms with Crippen LogP contribution in [0.2, 0.25) is 0 Å². The Hall–Kier alpha value is -3.15. The van der Waals surface area contributed by atoms with Crippen LogP contribution in [0, 0.1) is 0 Å². The standard InChI is InChI=1S/C21H19NO5/c23-18-10-5-11-21(18,19(24)25)22-20(26)27-12-17-15-8-3-1-6-13(15)14-7-2-4-9-16(14)17/h1-4,6-9,17H,5,10-12H2,(H,22,26)(H,24,25). The van der Waals surface area contributed by atoms with Gasteiger partial charge in [0.05, 0.1) is 0 Å². The van der Waals surface area contributed by atoms with E-state index < -0.39 is 23.4 Å². The Morgan fingerprint density at radius 1 is 1.07 bits per heavy atom. The number of aliphatic carboxylic acids is 1. The lowest BCUT2D eigenvalue weighted by Gasteiger charge is -2.24. The molecule has 4 rings (SSSR count). The second-order valence-corrected chi connectivity index (χ2v) is 6.94. The summed E-state index contributed by atoms with van der Waals surface area (Å²) in [6.07, 6.45) is -0.203. The summed E-state index contributed by atoms with van der Waals surface area (Å²) in [6.45, 7) is 0.0732. The van der Waals surface area contributed by atoms with Gasteiger partial charge in [0.25, 0.3) is 0 Å². The summed E-state index contributed by atoms with van der Waals surface area (Å²) in [5.41, 5.74) is 2.49. The lowest BCUT2D eigenvalue weighted by atomic mass is 9.97. The van der Waals surface area contributed by atoms with Crippen molar-refractivity contribution in [3.05, 3.63) is 59.7 Å². The number of hydrogen-bond donors (Lipinski definition) is 2. The van der Waals surface area contributed by atoms with Gasteiger partial charge in [0, 0.05) is 12.3 Å². The molecule has 0 aliphatic heterocycles. The van der Waals surface area contributed by atoms with Gasteiger partial charge in [0.2, 0.25) is 0 Å². The third kappa shape index (κ3) is 2.77. The maximum Gasteiger partial charge on any atom is 0.408 e. The predicted octanol–water partition coefficient (Wildman–Crippen LogP) is 3.10. The van der Waals surface area contributed by atoms with Gasteiger partial charge >= 0.3 is 12.1 Å². The second-order valence-electron chi connectivity index (χ2n) is 6.94. The summed E-state index contributed by atoms with van der Waals surface area (Å²) < 4.78 is 5.36. The molecule has 27 heavy (non-hydrogen) atoms. The van der Waals surface area contributed by atoms with E-state index in [9.17, 15) is 19.5 Å². The average molecular weight is 365 g/mol. The number of carboxylic acids is 1. The molecule has 0 radical (unpaired) electrons.